The summed E-state index contributed by atoms with van der Waals surface area (Å²) in [7, 11) is 0. The van der Waals surface area contributed by atoms with Crippen LogP contribution in [0, 0.1) is 0 Å². The van der Waals surface area contributed by atoms with E-state index < -0.39 is 0 Å². The molecule has 1 aliphatic rings. The number of benzene rings is 1. The minimum Gasteiger partial charge on any atom is -0.463 e. The Morgan fingerprint density at radius 1 is 1.45 bits per heavy atom. The van der Waals surface area contributed by atoms with Crippen LogP contribution in [0.4, 0.5) is 0 Å². The van der Waals surface area contributed by atoms with Gasteiger partial charge in [-0.15, -0.1) is 0 Å². The van der Waals surface area contributed by atoms with E-state index in [4.69, 9.17) is 19.7 Å². The summed E-state index contributed by atoms with van der Waals surface area (Å²) in [5.74, 6) is -0.345. The molecule has 0 bridgehead atoms. The zero-order valence-corrected chi connectivity index (χ0v) is 12.4. The number of ether oxygens (including phenoxy) is 3. The van der Waals surface area contributed by atoms with E-state index in [1.807, 2.05) is 30.3 Å². The van der Waals surface area contributed by atoms with Crippen LogP contribution in [0.1, 0.15) is 18.9 Å². The Morgan fingerprint density at radius 3 is 2.91 bits per heavy atom. The molecule has 0 spiro atoms. The van der Waals surface area contributed by atoms with Crippen molar-refractivity contribution in [2.24, 2.45) is 5.11 Å². The predicted molar refractivity (Wildman–Crippen MR) is 78.9 cm³/mol. The summed E-state index contributed by atoms with van der Waals surface area (Å²) in [6, 6.07) is 9.39. The van der Waals surface area contributed by atoms with Gasteiger partial charge in [0, 0.05) is 18.3 Å². The van der Waals surface area contributed by atoms with Gasteiger partial charge in [-0.3, -0.25) is 4.79 Å². The Labute approximate surface area is 128 Å². The second-order valence-electron chi connectivity index (χ2n) is 5.10. The number of hydrogen-bond donors (Lipinski definition) is 0. The maximum atomic E-state index is 10.9. The van der Waals surface area contributed by atoms with E-state index in [9.17, 15) is 4.79 Å². The standard InChI is InChI=1S/C15H19N3O4/c1-11(19)20-9-13-7-15(14(10-21-13)17-18-16)22-8-12-5-3-2-4-6-12/h2-6,13-15H,7-10H2,1H3/t13?,14?,15-/m0/s1. The number of carbonyl (C=O) groups excluding carboxylic acids is 1. The third-order valence-electron chi connectivity index (χ3n) is 3.41. The molecule has 1 aliphatic heterocycles. The van der Waals surface area contributed by atoms with E-state index in [1.54, 1.807) is 0 Å². The highest BCUT2D eigenvalue weighted by Crippen LogP contribution is 2.22. The van der Waals surface area contributed by atoms with Crippen LogP contribution in [0.2, 0.25) is 0 Å². The molecule has 3 atom stereocenters. The summed E-state index contributed by atoms with van der Waals surface area (Å²) in [6.45, 7) is 2.23. The van der Waals surface area contributed by atoms with Crippen LogP contribution in [0.15, 0.2) is 35.4 Å². The molecule has 0 saturated carbocycles. The summed E-state index contributed by atoms with van der Waals surface area (Å²) in [5, 5.41) is 3.73. The number of esters is 1. The number of rotatable bonds is 6. The van der Waals surface area contributed by atoms with Gasteiger partial charge in [0.15, 0.2) is 0 Å². The van der Waals surface area contributed by atoms with Crippen molar-refractivity contribution in [3.05, 3.63) is 46.3 Å². The third kappa shape index (κ3) is 5.04. The van der Waals surface area contributed by atoms with Crippen molar-refractivity contribution < 1.29 is 19.0 Å². The van der Waals surface area contributed by atoms with E-state index in [-0.39, 0.29) is 37.4 Å². The lowest BCUT2D eigenvalue weighted by Crippen LogP contribution is -2.43. The Balaban J connectivity index is 1.92. The first kappa shape index (κ1) is 16.3. The van der Waals surface area contributed by atoms with Crippen LogP contribution in [0.3, 0.4) is 0 Å². The first-order valence-electron chi connectivity index (χ1n) is 7.13. The van der Waals surface area contributed by atoms with Gasteiger partial charge in [-0.25, -0.2) is 0 Å². The third-order valence-corrected chi connectivity index (χ3v) is 3.41. The van der Waals surface area contributed by atoms with Gasteiger partial charge in [-0.2, -0.15) is 0 Å². The fraction of sp³-hybridized carbons (Fsp3) is 0.533. The summed E-state index contributed by atoms with van der Waals surface area (Å²) in [6.07, 6.45) is 0.0179. The van der Waals surface area contributed by atoms with Crippen molar-refractivity contribution in [3.8, 4) is 0 Å². The average Bonchev–Trinajstić information content (AvgIpc) is 2.53. The normalized spacial score (nSPS) is 24.3. The predicted octanol–water partition coefficient (Wildman–Crippen LogP) is 2.60. The molecule has 118 valence electrons. The van der Waals surface area contributed by atoms with Crippen molar-refractivity contribution in [2.45, 2.75) is 38.2 Å². The molecular formula is C15H19N3O4. The van der Waals surface area contributed by atoms with E-state index in [1.165, 1.54) is 6.92 Å². The van der Waals surface area contributed by atoms with E-state index >= 15 is 0 Å². The Kier molecular flexibility index (Phi) is 6.21. The number of nitrogens with zero attached hydrogens (tertiary/aromatic N) is 3. The van der Waals surface area contributed by atoms with Crippen molar-refractivity contribution in [2.75, 3.05) is 13.2 Å². The van der Waals surface area contributed by atoms with Gasteiger partial charge in [0.2, 0.25) is 0 Å². The highest BCUT2D eigenvalue weighted by atomic mass is 16.6. The van der Waals surface area contributed by atoms with Gasteiger partial charge in [0.05, 0.1) is 31.5 Å². The zero-order chi connectivity index (χ0) is 15.8. The molecule has 0 radical (unpaired) electrons. The number of azide groups is 1. The van der Waals surface area contributed by atoms with Gasteiger partial charge in [-0.05, 0) is 11.1 Å². The molecule has 22 heavy (non-hydrogen) atoms. The maximum absolute atomic E-state index is 10.9. The zero-order valence-electron chi connectivity index (χ0n) is 12.4. The minimum atomic E-state index is -0.373. The van der Waals surface area contributed by atoms with E-state index in [2.05, 4.69) is 10.0 Å². The largest absolute Gasteiger partial charge is 0.463 e. The van der Waals surface area contributed by atoms with Gasteiger partial charge < -0.3 is 14.2 Å². The highest BCUT2D eigenvalue weighted by molar-refractivity contribution is 5.65. The Bertz CT molecular complexity index is 531. The van der Waals surface area contributed by atoms with Gasteiger partial charge in [0.25, 0.3) is 0 Å². The second kappa shape index (κ2) is 8.38. The molecule has 0 aromatic heterocycles. The van der Waals surface area contributed by atoms with Crippen LogP contribution in [-0.2, 0) is 25.6 Å². The summed E-state index contributed by atoms with van der Waals surface area (Å²) >= 11 is 0. The number of carbonyl (C=O) groups is 1. The van der Waals surface area contributed by atoms with Crippen molar-refractivity contribution >= 4 is 5.97 Å². The molecule has 1 fully saturated rings. The Morgan fingerprint density at radius 2 is 2.23 bits per heavy atom. The SMILES string of the molecule is CC(=O)OCC1C[C@H](OCc2ccccc2)C(N=[N+]=[N-])CO1. The van der Waals surface area contributed by atoms with Gasteiger partial charge >= 0.3 is 5.97 Å². The van der Waals surface area contributed by atoms with Crippen molar-refractivity contribution in [3.63, 3.8) is 0 Å². The molecule has 7 nitrogen and oxygen atoms in total. The Hall–Kier alpha value is -2.08. The van der Waals surface area contributed by atoms with Crippen molar-refractivity contribution in [1.29, 1.82) is 0 Å². The molecule has 1 aromatic rings. The lowest BCUT2D eigenvalue weighted by molar-refractivity contribution is -0.151. The molecule has 1 saturated heterocycles. The van der Waals surface area contributed by atoms with Crippen LogP contribution in [-0.4, -0.2) is 37.4 Å². The van der Waals surface area contributed by atoms with Crippen LogP contribution in [0.5, 0.6) is 0 Å². The van der Waals surface area contributed by atoms with Gasteiger partial charge in [-0.1, -0.05) is 35.4 Å². The fourth-order valence-corrected chi connectivity index (χ4v) is 2.28. The van der Waals surface area contributed by atoms with Crippen molar-refractivity contribution in [1.82, 2.24) is 0 Å². The van der Waals surface area contributed by atoms with Gasteiger partial charge in [0.1, 0.15) is 6.61 Å². The highest BCUT2D eigenvalue weighted by Gasteiger charge is 2.32. The number of hydrogen-bond acceptors (Lipinski definition) is 5. The van der Waals surface area contributed by atoms with E-state index in [0.29, 0.717) is 13.0 Å². The first-order chi connectivity index (χ1) is 10.7. The minimum absolute atomic E-state index is 0.184. The summed E-state index contributed by atoms with van der Waals surface area (Å²) in [5.41, 5.74) is 9.69. The molecule has 1 aromatic carbocycles. The fourth-order valence-electron chi connectivity index (χ4n) is 2.28. The topological polar surface area (TPSA) is 93.5 Å². The smallest absolute Gasteiger partial charge is 0.302 e. The lowest BCUT2D eigenvalue weighted by atomic mass is 10.0. The molecule has 7 heteroatoms. The quantitative estimate of drug-likeness (QED) is 0.349. The molecule has 0 N–H and O–H groups in total. The molecule has 0 aliphatic carbocycles. The molecule has 2 rings (SSSR count). The maximum Gasteiger partial charge on any atom is 0.302 e. The van der Waals surface area contributed by atoms with Crippen LogP contribution >= 0.6 is 0 Å². The lowest BCUT2D eigenvalue weighted by Gasteiger charge is -2.33. The first-order valence-corrected chi connectivity index (χ1v) is 7.13. The molecule has 2 unspecified atom stereocenters. The van der Waals surface area contributed by atoms with Crippen LogP contribution < -0.4 is 0 Å². The molecule has 0 amide bonds. The average molecular weight is 305 g/mol. The molecule has 1 heterocycles. The monoisotopic (exact) mass is 305 g/mol. The second-order valence-corrected chi connectivity index (χ2v) is 5.10. The summed E-state index contributed by atoms with van der Waals surface area (Å²) in [4.78, 5) is 13.7. The molecular weight excluding hydrogens is 286 g/mol. The van der Waals surface area contributed by atoms with Crippen LogP contribution in [0.25, 0.3) is 10.4 Å². The van der Waals surface area contributed by atoms with E-state index in [0.717, 1.165) is 5.56 Å². The summed E-state index contributed by atoms with van der Waals surface area (Å²) < 4.78 is 16.4.